The summed E-state index contributed by atoms with van der Waals surface area (Å²) in [6.45, 7) is 17.3. The van der Waals surface area contributed by atoms with Crippen molar-refractivity contribution in [2.45, 2.75) is 106 Å². The van der Waals surface area contributed by atoms with Gasteiger partial charge in [-0.25, -0.2) is 4.79 Å². The standard InChI is InChI=1S/C33H48O5/c1-20(29(36)37-9)18-23(35)19-21(2)32(7)16-13-26-24-10-11-27-30(4,5)28(38-22(3)34)14-15-31(27,6)25(24)12-17-33(26,32)8/h10,13,18,21,25,27-28H,11-12,14-17,19H2,1-9H3/b20-18-/t21-,25-,27+,28-,31-,32+,33-/m1/s1. The van der Waals surface area contributed by atoms with Crippen molar-refractivity contribution in [2.24, 2.45) is 39.4 Å². The number of fused-ring (bicyclic) bond motifs is 5. The number of hydrogen-bond acceptors (Lipinski definition) is 5. The van der Waals surface area contributed by atoms with Crippen LogP contribution >= 0.6 is 0 Å². The van der Waals surface area contributed by atoms with Gasteiger partial charge >= 0.3 is 11.9 Å². The molecule has 4 aliphatic rings. The first-order chi connectivity index (χ1) is 17.6. The molecule has 0 amide bonds. The lowest BCUT2D eigenvalue weighted by Gasteiger charge is -2.62. The molecule has 7 atom stereocenters. The molecule has 2 saturated carbocycles. The topological polar surface area (TPSA) is 69.7 Å². The minimum atomic E-state index is -0.451. The number of ketones is 1. The summed E-state index contributed by atoms with van der Waals surface area (Å²) in [5, 5.41) is 0. The van der Waals surface area contributed by atoms with Crippen molar-refractivity contribution in [3.63, 3.8) is 0 Å². The van der Waals surface area contributed by atoms with Gasteiger partial charge in [0.25, 0.3) is 0 Å². The Morgan fingerprint density at radius 3 is 2.37 bits per heavy atom. The van der Waals surface area contributed by atoms with Crippen LogP contribution in [-0.4, -0.2) is 30.9 Å². The van der Waals surface area contributed by atoms with Crippen molar-refractivity contribution in [3.8, 4) is 0 Å². The van der Waals surface area contributed by atoms with Gasteiger partial charge in [-0.3, -0.25) is 9.59 Å². The van der Waals surface area contributed by atoms with Gasteiger partial charge in [0.2, 0.25) is 0 Å². The Kier molecular flexibility index (Phi) is 7.42. The van der Waals surface area contributed by atoms with Gasteiger partial charge in [0.1, 0.15) is 6.10 Å². The zero-order chi connectivity index (χ0) is 28.3. The number of ether oxygens (including phenoxy) is 2. The fourth-order valence-electron chi connectivity index (χ4n) is 9.14. The van der Waals surface area contributed by atoms with Gasteiger partial charge < -0.3 is 9.47 Å². The van der Waals surface area contributed by atoms with E-state index in [0.29, 0.717) is 23.8 Å². The molecule has 5 nitrogen and oxygen atoms in total. The molecule has 0 bridgehead atoms. The van der Waals surface area contributed by atoms with Crippen LogP contribution in [0.5, 0.6) is 0 Å². The molecule has 4 aliphatic carbocycles. The van der Waals surface area contributed by atoms with E-state index in [4.69, 9.17) is 9.47 Å². The SMILES string of the molecule is COC(=O)/C(C)=C\C(=O)C[C@@H](C)[C@]1(C)CC=C2C3=CC[C@H]4C(C)(C)[C@H](OC(C)=O)CC[C@]4(C)[C@@H]3CC[C@]21C. The first kappa shape index (κ1) is 28.8. The maximum atomic E-state index is 12.9. The molecule has 0 aromatic carbocycles. The molecule has 0 spiro atoms. The third kappa shape index (κ3) is 4.32. The first-order valence-corrected chi connectivity index (χ1v) is 14.5. The predicted molar refractivity (Wildman–Crippen MR) is 149 cm³/mol. The molecule has 0 N–H and O–H groups in total. The Balaban J connectivity index is 1.58. The van der Waals surface area contributed by atoms with Crippen LogP contribution < -0.4 is 0 Å². The van der Waals surface area contributed by atoms with E-state index in [1.165, 1.54) is 25.7 Å². The normalized spacial score (nSPS) is 38.6. The lowest BCUT2D eigenvalue weighted by Crippen LogP contribution is -2.56. The number of methoxy groups -OCH3 is 1. The molecule has 5 heteroatoms. The van der Waals surface area contributed by atoms with E-state index < -0.39 is 5.97 Å². The summed E-state index contributed by atoms with van der Waals surface area (Å²) in [7, 11) is 1.34. The molecule has 0 aromatic heterocycles. The Bertz CT molecular complexity index is 1110. The highest BCUT2D eigenvalue weighted by Crippen LogP contribution is 2.70. The minimum Gasteiger partial charge on any atom is -0.466 e. The van der Waals surface area contributed by atoms with Gasteiger partial charge in [-0.15, -0.1) is 0 Å². The average Bonchev–Trinajstić information content (AvgIpc) is 3.12. The molecule has 2 fully saturated rings. The van der Waals surface area contributed by atoms with Crippen LogP contribution in [0.25, 0.3) is 0 Å². The third-order valence-electron chi connectivity index (χ3n) is 11.8. The molecular formula is C33H48O5. The van der Waals surface area contributed by atoms with Crippen molar-refractivity contribution in [3.05, 3.63) is 34.9 Å². The highest BCUT2D eigenvalue weighted by Gasteiger charge is 2.62. The summed E-state index contributed by atoms with van der Waals surface area (Å²) in [5.41, 5.74) is 3.52. The molecule has 4 rings (SSSR count). The number of carbonyl (C=O) groups excluding carboxylic acids is 3. The van der Waals surface area contributed by atoms with Crippen molar-refractivity contribution in [2.75, 3.05) is 7.11 Å². The van der Waals surface area contributed by atoms with Gasteiger partial charge in [-0.1, -0.05) is 53.7 Å². The monoisotopic (exact) mass is 524 g/mol. The lowest BCUT2D eigenvalue weighted by atomic mass is 9.43. The summed E-state index contributed by atoms with van der Waals surface area (Å²) < 4.78 is 10.6. The summed E-state index contributed by atoms with van der Waals surface area (Å²) in [5.74, 6) is 0.535. The first-order valence-electron chi connectivity index (χ1n) is 14.5. The largest absolute Gasteiger partial charge is 0.466 e. The molecule has 0 radical (unpaired) electrons. The molecule has 0 heterocycles. The van der Waals surface area contributed by atoms with Gasteiger partial charge in [-0.2, -0.15) is 0 Å². The number of carbonyl (C=O) groups is 3. The number of rotatable bonds is 6. The zero-order valence-corrected chi connectivity index (χ0v) is 25.0. The number of allylic oxidation sites excluding steroid dienone is 5. The second-order valence-electron chi connectivity index (χ2n) is 14.0. The van der Waals surface area contributed by atoms with Crippen molar-refractivity contribution >= 4 is 17.7 Å². The summed E-state index contributed by atoms with van der Waals surface area (Å²) >= 11 is 0. The van der Waals surface area contributed by atoms with Crippen molar-refractivity contribution < 1.29 is 23.9 Å². The lowest BCUT2D eigenvalue weighted by molar-refractivity contribution is -0.172. The Morgan fingerprint density at radius 2 is 1.74 bits per heavy atom. The Labute approximate surface area is 229 Å². The molecule has 0 aliphatic heterocycles. The molecule has 38 heavy (non-hydrogen) atoms. The summed E-state index contributed by atoms with van der Waals surface area (Å²) in [4.78, 5) is 36.5. The maximum Gasteiger partial charge on any atom is 0.333 e. The maximum absolute atomic E-state index is 12.9. The fraction of sp³-hybridized carbons (Fsp3) is 0.727. The van der Waals surface area contributed by atoms with Crippen molar-refractivity contribution in [1.82, 2.24) is 0 Å². The van der Waals surface area contributed by atoms with Gasteiger partial charge in [0, 0.05) is 24.3 Å². The minimum absolute atomic E-state index is 0.00799. The average molecular weight is 525 g/mol. The zero-order valence-electron chi connectivity index (χ0n) is 25.0. The molecule has 0 aromatic rings. The van der Waals surface area contributed by atoms with Crippen molar-refractivity contribution in [1.29, 1.82) is 0 Å². The van der Waals surface area contributed by atoms with Crippen LogP contribution in [0.2, 0.25) is 0 Å². The van der Waals surface area contributed by atoms with E-state index in [2.05, 4.69) is 53.7 Å². The Morgan fingerprint density at radius 1 is 1.05 bits per heavy atom. The van der Waals surface area contributed by atoms with Crippen LogP contribution in [0.1, 0.15) is 100 Å². The number of hydrogen-bond donors (Lipinski definition) is 0. The molecule has 210 valence electrons. The summed E-state index contributed by atoms with van der Waals surface area (Å²) in [6, 6.07) is 0. The van der Waals surface area contributed by atoms with E-state index in [9.17, 15) is 14.4 Å². The van der Waals surface area contributed by atoms with E-state index in [1.807, 2.05) is 0 Å². The van der Waals surface area contributed by atoms with Crippen LogP contribution in [-0.2, 0) is 23.9 Å². The summed E-state index contributed by atoms with van der Waals surface area (Å²) in [6.07, 6.45) is 13.1. The Hall–Kier alpha value is -2.17. The van der Waals surface area contributed by atoms with Crippen LogP contribution in [0, 0.1) is 39.4 Å². The predicted octanol–water partition coefficient (Wildman–Crippen LogP) is 7.16. The van der Waals surface area contributed by atoms with E-state index in [1.54, 1.807) is 12.5 Å². The fourth-order valence-corrected chi connectivity index (χ4v) is 9.14. The van der Waals surface area contributed by atoms with Crippen LogP contribution in [0.4, 0.5) is 0 Å². The van der Waals surface area contributed by atoms with E-state index >= 15 is 0 Å². The third-order valence-corrected chi connectivity index (χ3v) is 11.8. The smallest absolute Gasteiger partial charge is 0.333 e. The molecular weight excluding hydrogens is 476 g/mol. The second-order valence-corrected chi connectivity index (χ2v) is 14.0. The van der Waals surface area contributed by atoms with Crippen LogP contribution in [0.3, 0.4) is 0 Å². The molecule has 0 unspecified atom stereocenters. The van der Waals surface area contributed by atoms with Gasteiger partial charge in [0.05, 0.1) is 7.11 Å². The van der Waals surface area contributed by atoms with Crippen LogP contribution in [0.15, 0.2) is 34.9 Å². The van der Waals surface area contributed by atoms with E-state index in [0.717, 1.165) is 38.5 Å². The van der Waals surface area contributed by atoms with Gasteiger partial charge in [0.15, 0.2) is 5.78 Å². The second kappa shape index (κ2) is 9.78. The highest BCUT2D eigenvalue weighted by atomic mass is 16.5. The highest BCUT2D eigenvalue weighted by molar-refractivity contribution is 5.99. The van der Waals surface area contributed by atoms with E-state index in [-0.39, 0.29) is 45.4 Å². The molecule has 0 saturated heterocycles. The number of esters is 2. The quantitative estimate of drug-likeness (QED) is 0.272. The van der Waals surface area contributed by atoms with Gasteiger partial charge in [-0.05, 0) is 96.7 Å².